The average Bonchev–Trinajstić information content (AvgIpc) is 3.09. The van der Waals surface area contributed by atoms with Gasteiger partial charge in [-0.2, -0.15) is 4.98 Å². The molecule has 1 aliphatic rings. The van der Waals surface area contributed by atoms with Crippen molar-refractivity contribution in [3.8, 4) is 17.1 Å². The topological polar surface area (TPSA) is 68.5 Å². The molecule has 0 unspecified atom stereocenters. The molecular weight excluding hydrogens is 354 g/mol. The summed E-state index contributed by atoms with van der Waals surface area (Å²) in [5, 5.41) is 4.62. The van der Waals surface area contributed by atoms with Crippen LogP contribution in [0.4, 0.5) is 0 Å². The van der Waals surface area contributed by atoms with Gasteiger partial charge >= 0.3 is 0 Å². The molecule has 26 heavy (non-hydrogen) atoms. The summed E-state index contributed by atoms with van der Waals surface area (Å²) in [6.45, 7) is 1.12. The zero-order chi connectivity index (χ0) is 17.9. The van der Waals surface area contributed by atoms with Crippen LogP contribution >= 0.6 is 11.6 Å². The highest BCUT2D eigenvalue weighted by molar-refractivity contribution is 6.30. The van der Waals surface area contributed by atoms with Gasteiger partial charge in [0.1, 0.15) is 5.75 Å². The molecule has 1 aromatic heterocycles. The lowest BCUT2D eigenvalue weighted by molar-refractivity contribution is -0.138. The second kappa shape index (κ2) is 7.17. The fourth-order valence-electron chi connectivity index (χ4n) is 2.74. The van der Waals surface area contributed by atoms with Gasteiger partial charge in [-0.3, -0.25) is 4.79 Å². The highest BCUT2D eigenvalue weighted by atomic mass is 35.5. The number of halogens is 1. The lowest BCUT2D eigenvalue weighted by Crippen LogP contribution is -2.50. The summed E-state index contributed by atoms with van der Waals surface area (Å²) >= 11 is 5.99. The lowest BCUT2D eigenvalue weighted by atomic mass is 10.0. The number of carbonyl (C=O) groups is 1. The minimum atomic E-state index is -0.0558. The van der Waals surface area contributed by atoms with Crippen LogP contribution < -0.4 is 4.74 Å². The second-order valence-corrected chi connectivity index (χ2v) is 6.50. The number of rotatable bonds is 5. The molecule has 1 amide bonds. The lowest BCUT2D eigenvalue weighted by Gasteiger charge is -2.36. The molecular formula is C19H16ClN3O3. The Morgan fingerprint density at radius 3 is 2.77 bits per heavy atom. The van der Waals surface area contributed by atoms with Crippen molar-refractivity contribution in [3.05, 3.63) is 65.5 Å². The Kier molecular flexibility index (Phi) is 4.58. The second-order valence-electron chi connectivity index (χ2n) is 6.06. The largest absolute Gasteiger partial charge is 0.484 e. The van der Waals surface area contributed by atoms with Crippen molar-refractivity contribution in [3.63, 3.8) is 0 Å². The third kappa shape index (κ3) is 3.55. The molecule has 0 atom stereocenters. The third-order valence-electron chi connectivity index (χ3n) is 4.21. The Labute approximate surface area is 155 Å². The summed E-state index contributed by atoms with van der Waals surface area (Å²) in [6, 6.07) is 16.6. The average molecular weight is 370 g/mol. The Morgan fingerprint density at radius 2 is 2.00 bits per heavy atom. The number of aromatic nitrogens is 2. The van der Waals surface area contributed by atoms with E-state index in [1.54, 1.807) is 17.0 Å². The van der Waals surface area contributed by atoms with Gasteiger partial charge in [0.2, 0.25) is 11.7 Å². The van der Waals surface area contributed by atoms with E-state index in [-0.39, 0.29) is 18.4 Å². The molecule has 4 rings (SSSR count). The first-order valence-electron chi connectivity index (χ1n) is 8.24. The number of benzene rings is 2. The van der Waals surface area contributed by atoms with Gasteiger partial charge in [0.25, 0.3) is 5.91 Å². The predicted molar refractivity (Wildman–Crippen MR) is 96.0 cm³/mol. The van der Waals surface area contributed by atoms with Crippen LogP contribution in [0.5, 0.6) is 5.75 Å². The minimum Gasteiger partial charge on any atom is -0.484 e. The number of carbonyl (C=O) groups excluding carboxylic acids is 1. The van der Waals surface area contributed by atoms with Crippen LogP contribution in [0.3, 0.4) is 0 Å². The quantitative estimate of drug-likeness (QED) is 0.689. The van der Waals surface area contributed by atoms with Crippen molar-refractivity contribution in [2.75, 3.05) is 19.7 Å². The highest BCUT2D eigenvalue weighted by Gasteiger charge is 2.35. The standard InChI is InChI=1S/C19H16ClN3O3/c20-15-6-4-5-13(9-15)18-21-19(26-22-18)14-10-23(11-14)17(24)12-25-16-7-2-1-3-8-16/h1-9,14H,10-12H2. The maximum atomic E-state index is 12.2. The number of ether oxygens (including phenoxy) is 1. The number of nitrogens with zero attached hydrogens (tertiary/aromatic N) is 3. The van der Waals surface area contributed by atoms with Gasteiger partial charge in [0.05, 0.1) is 5.92 Å². The first-order valence-corrected chi connectivity index (χ1v) is 8.62. The number of hydrogen-bond donors (Lipinski definition) is 0. The van der Waals surface area contributed by atoms with E-state index in [9.17, 15) is 4.79 Å². The molecule has 0 N–H and O–H groups in total. The van der Waals surface area contributed by atoms with Gasteiger partial charge in [-0.25, -0.2) is 0 Å². The van der Waals surface area contributed by atoms with Crippen molar-refractivity contribution in [1.29, 1.82) is 0 Å². The highest BCUT2D eigenvalue weighted by Crippen LogP contribution is 2.28. The molecule has 1 aliphatic heterocycles. The SMILES string of the molecule is O=C(COc1ccccc1)N1CC(c2nc(-c3cccc(Cl)c3)no2)C1. The molecule has 0 saturated carbocycles. The molecule has 2 aromatic carbocycles. The van der Waals surface area contributed by atoms with E-state index >= 15 is 0 Å². The summed E-state index contributed by atoms with van der Waals surface area (Å²) in [5.74, 6) is 1.71. The van der Waals surface area contributed by atoms with Gasteiger partial charge in [-0.05, 0) is 24.3 Å². The molecule has 132 valence electrons. The normalized spacial score (nSPS) is 14.1. The summed E-state index contributed by atoms with van der Waals surface area (Å²) in [5.41, 5.74) is 0.802. The number of amides is 1. The molecule has 7 heteroatoms. The Hall–Kier alpha value is -2.86. The maximum absolute atomic E-state index is 12.2. The number of para-hydroxylation sites is 1. The third-order valence-corrected chi connectivity index (χ3v) is 4.45. The molecule has 3 aromatic rings. The van der Waals surface area contributed by atoms with E-state index in [1.165, 1.54) is 0 Å². The van der Waals surface area contributed by atoms with Gasteiger partial charge in [-0.15, -0.1) is 0 Å². The Bertz CT molecular complexity index is 907. The summed E-state index contributed by atoms with van der Waals surface area (Å²) < 4.78 is 10.8. The molecule has 1 saturated heterocycles. The van der Waals surface area contributed by atoms with E-state index in [4.69, 9.17) is 20.9 Å². The van der Waals surface area contributed by atoms with Crippen LogP contribution in [0.15, 0.2) is 59.1 Å². The fourth-order valence-corrected chi connectivity index (χ4v) is 2.93. The van der Waals surface area contributed by atoms with Crippen LogP contribution in [0, 0.1) is 0 Å². The molecule has 6 nitrogen and oxygen atoms in total. The zero-order valence-electron chi connectivity index (χ0n) is 13.8. The van der Waals surface area contributed by atoms with Crippen molar-refractivity contribution in [1.82, 2.24) is 15.0 Å². The number of hydrogen-bond acceptors (Lipinski definition) is 5. The summed E-state index contributed by atoms with van der Waals surface area (Å²) in [4.78, 5) is 18.3. The molecule has 0 spiro atoms. The summed E-state index contributed by atoms with van der Waals surface area (Å²) in [6.07, 6.45) is 0. The fraction of sp³-hybridized carbons (Fsp3) is 0.211. The maximum Gasteiger partial charge on any atom is 0.260 e. The first kappa shape index (κ1) is 16.6. The van der Waals surface area contributed by atoms with Crippen molar-refractivity contribution in [2.45, 2.75) is 5.92 Å². The molecule has 2 heterocycles. The van der Waals surface area contributed by atoms with Gasteiger partial charge < -0.3 is 14.2 Å². The van der Waals surface area contributed by atoms with Crippen LogP contribution in [0.2, 0.25) is 5.02 Å². The van der Waals surface area contributed by atoms with Gasteiger partial charge in [0.15, 0.2) is 6.61 Å². The van der Waals surface area contributed by atoms with Crippen molar-refractivity contribution in [2.24, 2.45) is 0 Å². The minimum absolute atomic E-state index is 0.0222. The van der Waals surface area contributed by atoms with Crippen LogP contribution in [-0.2, 0) is 4.79 Å². The van der Waals surface area contributed by atoms with Gasteiger partial charge in [-0.1, -0.05) is 47.1 Å². The summed E-state index contributed by atoms with van der Waals surface area (Å²) in [7, 11) is 0. The monoisotopic (exact) mass is 369 g/mol. The van der Waals surface area contributed by atoms with Crippen LogP contribution in [0.25, 0.3) is 11.4 Å². The number of likely N-dealkylation sites (tertiary alicyclic amines) is 1. The molecule has 0 aliphatic carbocycles. The van der Waals surface area contributed by atoms with E-state index < -0.39 is 0 Å². The van der Waals surface area contributed by atoms with E-state index in [1.807, 2.05) is 42.5 Å². The van der Waals surface area contributed by atoms with E-state index in [0.29, 0.717) is 35.6 Å². The van der Waals surface area contributed by atoms with E-state index in [0.717, 1.165) is 5.56 Å². The molecule has 0 bridgehead atoms. The van der Waals surface area contributed by atoms with Crippen LogP contribution in [-0.4, -0.2) is 40.6 Å². The molecule has 1 fully saturated rings. The van der Waals surface area contributed by atoms with E-state index in [2.05, 4.69) is 10.1 Å². The smallest absolute Gasteiger partial charge is 0.260 e. The Morgan fingerprint density at radius 1 is 1.19 bits per heavy atom. The van der Waals surface area contributed by atoms with Crippen molar-refractivity contribution >= 4 is 17.5 Å². The van der Waals surface area contributed by atoms with Crippen molar-refractivity contribution < 1.29 is 14.1 Å². The predicted octanol–water partition coefficient (Wildman–Crippen LogP) is 3.39. The van der Waals surface area contributed by atoms with Crippen LogP contribution in [0.1, 0.15) is 11.8 Å². The molecule has 0 radical (unpaired) electrons. The first-order chi connectivity index (χ1) is 12.7. The zero-order valence-corrected chi connectivity index (χ0v) is 14.6. The Balaban J connectivity index is 1.31. The van der Waals surface area contributed by atoms with Gasteiger partial charge in [0, 0.05) is 23.7 Å².